The predicted octanol–water partition coefficient (Wildman–Crippen LogP) is 10.6. The van der Waals surface area contributed by atoms with Gasteiger partial charge in [-0.2, -0.15) is 0 Å². The number of para-hydroxylation sites is 2. The zero-order valence-corrected chi connectivity index (χ0v) is 24.3. The summed E-state index contributed by atoms with van der Waals surface area (Å²) in [4.78, 5) is 2.37. The average Bonchev–Trinajstić information content (AvgIpc) is 3.36. The molecular formula is C41H35N. The zero-order valence-electron chi connectivity index (χ0n) is 24.3. The van der Waals surface area contributed by atoms with Crippen LogP contribution in [0.2, 0.25) is 0 Å². The molecule has 42 heavy (non-hydrogen) atoms. The Kier molecular flexibility index (Phi) is 6.72. The van der Waals surface area contributed by atoms with E-state index >= 15 is 0 Å². The van der Waals surface area contributed by atoms with Gasteiger partial charge < -0.3 is 4.90 Å². The molecule has 0 unspecified atom stereocenters. The second kappa shape index (κ2) is 10.8. The van der Waals surface area contributed by atoms with Crippen LogP contribution in [0, 0.1) is 0 Å². The van der Waals surface area contributed by atoms with Crippen LogP contribution in [0.1, 0.15) is 47.2 Å². The molecule has 0 amide bonds. The summed E-state index contributed by atoms with van der Waals surface area (Å²) in [6.07, 6.45) is 2.05. The van der Waals surface area contributed by atoms with Crippen LogP contribution in [-0.2, 0) is 18.3 Å². The Morgan fingerprint density at radius 2 is 0.905 bits per heavy atom. The number of hydrogen-bond acceptors (Lipinski definition) is 1. The van der Waals surface area contributed by atoms with Crippen molar-refractivity contribution in [2.24, 2.45) is 0 Å². The number of benzene rings is 6. The van der Waals surface area contributed by atoms with E-state index < -0.39 is 5.41 Å². The predicted molar refractivity (Wildman–Crippen MR) is 177 cm³/mol. The summed E-state index contributed by atoms with van der Waals surface area (Å²) in [6, 6.07) is 56.1. The Labute approximate surface area is 249 Å². The van der Waals surface area contributed by atoms with E-state index in [0.29, 0.717) is 0 Å². The van der Waals surface area contributed by atoms with Crippen molar-refractivity contribution in [1.82, 2.24) is 0 Å². The maximum absolute atomic E-state index is 2.44. The van der Waals surface area contributed by atoms with E-state index in [0.717, 1.165) is 29.9 Å². The molecule has 1 heteroatoms. The second-order valence-electron chi connectivity index (χ2n) is 11.1. The molecule has 0 N–H and O–H groups in total. The van der Waals surface area contributed by atoms with Gasteiger partial charge >= 0.3 is 0 Å². The maximum atomic E-state index is 2.44. The van der Waals surface area contributed by atoms with Crippen molar-refractivity contribution in [2.75, 3.05) is 4.90 Å². The molecule has 1 nitrogen and oxygen atoms in total. The largest absolute Gasteiger partial charge is 0.310 e. The van der Waals surface area contributed by atoms with Crippen LogP contribution < -0.4 is 4.90 Å². The van der Waals surface area contributed by atoms with Gasteiger partial charge in [0.2, 0.25) is 0 Å². The molecule has 1 aliphatic rings. The third kappa shape index (κ3) is 4.16. The molecule has 0 fully saturated rings. The minimum Gasteiger partial charge on any atom is -0.310 e. The van der Waals surface area contributed by atoms with Crippen LogP contribution in [0.5, 0.6) is 0 Å². The molecule has 0 saturated heterocycles. The lowest BCUT2D eigenvalue weighted by Crippen LogP contribution is -2.29. The van der Waals surface area contributed by atoms with Crippen molar-refractivity contribution in [2.45, 2.75) is 32.1 Å². The highest BCUT2D eigenvalue weighted by molar-refractivity contribution is 5.89. The second-order valence-corrected chi connectivity index (χ2v) is 11.1. The molecule has 0 radical (unpaired) electrons. The van der Waals surface area contributed by atoms with Gasteiger partial charge in [0.25, 0.3) is 0 Å². The lowest BCUT2D eigenvalue weighted by atomic mass is 9.67. The summed E-state index contributed by atoms with van der Waals surface area (Å²) in [5.74, 6) is 0. The van der Waals surface area contributed by atoms with Crippen LogP contribution in [0.15, 0.2) is 152 Å². The van der Waals surface area contributed by atoms with Crippen LogP contribution in [-0.4, -0.2) is 0 Å². The number of aryl methyl sites for hydroxylation is 2. The fourth-order valence-corrected chi connectivity index (χ4v) is 6.78. The SMILES string of the molecule is CCc1ccc(C2(c3ccc(CC)cc3)c3ccccc3-c3ccc(N(c4ccccc4)c4ccccc4)cc32)cc1. The van der Waals surface area contributed by atoms with E-state index in [4.69, 9.17) is 0 Å². The molecule has 7 rings (SSSR count). The quantitative estimate of drug-likeness (QED) is 0.194. The summed E-state index contributed by atoms with van der Waals surface area (Å²) in [7, 11) is 0. The first-order valence-electron chi connectivity index (χ1n) is 15.1. The van der Waals surface area contributed by atoms with Crippen molar-refractivity contribution in [3.8, 4) is 11.1 Å². The molecule has 0 bridgehead atoms. The van der Waals surface area contributed by atoms with Crippen molar-refractivity contribution in [3.63, 3.8) is 0 Å². The minimum absolute atomic E-state index is 0.431. The van der Waals surface area contributed by atoms with Gasteiger partial charge in [0.15, 0.2) is 0 Å². The third-order valence-electron chi connectivity index (χ3n) is 8.91. The Hall–Kier alpha value is -4.88. The lowest BCUT2D eigenvalue weighted by Gasteiger charge is -2.35. The van der Waals surface area contributed by atoms with Crippen molar-refractivity contribution < 1.29 is 0 Å². The van der Waals surface area contributed by atoms with Gasteiger partial charge in [-0.1, -0.05) is 129 Å². The molecule has 204 valence electrons. The molecule has 6 aromatic rings. The summed E-state index contributed by atoms with van der Waals surface area (Å²) < 4.78 is 0. The normalized spacial score (nSPS) is 12.9. The molecule has 0 aromatic heterocycles. The fourth-order valence-electron chi connectivity index (χ4n) is 6.78. The first-order chi connectivity index (χ1) is 20.7. The molecule has 1 aliphatic carbocycles. The van der Waals surface area contributed by atoms with Crippen LogP contribution in [0.4, 0.5) is 17.1 Å². The molecule has 0 saturated carbocycles. The van der Waals surface area contributed by atoms with Gasteiger partial charge in [0, 0.05) is 17.1 Å². The molecular weight excluding hydrogens is 506 g/mol. The van der Waals surface area contributed by atoms with Gasteiger partial charge in [-0.05, 0) is 93.7 Å². The molecule has 6 aromatic carbocycles. The number of fused-ring (bicyclic) bond motifs is 3. The highest BCUT2D eigenvalue weighted by Crippen LogP contribution is 2.57. The van der Waals surface area contributed by atoms with Gasteiger partial charge in [-0.3, -0.25) is 0 Å². The monoisotopic (exact) mass is 541 g/mol. The number of hydrogen-bond donors (Lipinski definition) is 0. The smallest absolute Gasteiger partial charge is 0.0714 e. The van der Waals surface area contributed by atoms with Crippen molar-refractivity contribution in [1.29, 1.82) is 0 Å². The summed E-state index contributed by atoms with van der Waals surface area (Å²) in [5.41, 5.74) is 13.6. The Morgan fingerprint density at radius 3 is 1.43 bits per heavy atom. The summed E-state index contributed by atoms with van der Waals surface area (Å²) in [5, 5.41) is 0. The molecule has 0 aliphatic heterocycles. The number of anilines is 3. The first-order valence-corrected chi connectivity index (χ1v) is 15.1. The third-order valence-corrected chi connectivity index (χ3v) is 8.91. The van der Waals surface area contributed by atoms with Gasteiger partial charge in [0.1, 0.15) is 0 Å². The standard InChI is InChI=1S/C41H35N/c1-3-30-19-23-32(24-20-30)41(33-25-21-31(4-2)22-26-33)39-18-12-11-17-37(39)38-28-27-36(29-40(38)41)42(34-13-7-5-8-14-34)35-15-9-6-10-16-35/h5-29H,3-4H2,1-2H3. The molecule has 0 atom stereocenters. The summed E-state index contributed by atoms with van der Waals surface area (Å²) in [6.45, 7) is 4.45. The first kappa shape index (κ1) is 26.0. The highest BCUT2D eigenvalue weighted by atomic mass is 15.1. The Balaban J connectivity index is 1.54. The highest BCUT2D eigenvalue weighted by Gasteiger charge is 2.46. The topological polar surface area (TPSA) is 3.24 Å². The Bertz CT molecular complexity index is 1730. The van der Waals surface area contributed by atoms with Gasteiger partial charge in [0.05, 0.1) is 5.41 Å². The van der Waals surface area contributed by atoms with Gasteiger partial charge in [-0.15, -0.1) is 0 Å². The van der Waals surface area contributed by atoms with E-state index in [-0.39, 0.29) is 0 Å². The van der Waals surface area contributed by atoms with Crippen LogP contribution in [0.3, 0.4) is 0 Å². The fraction of sp³-hybridized carbons (Fsp3) is 0.122. The van der Waals surface area contributed by atoms with E-state index in [2.05, 4.69) is 170 Å². The zero-order chi connectivity index (χ0) is 28.5. The van der Waals surface area contributed by atoms with Crippen LogP contribution >= 0.6 is 0 Å². The van der Waals surface area contributed by atoms with E-state index in [1.807, 2.05) is 0 Å². The number of nitrogens with zero attached hydrogens (tertiary/aromatic N) is 1. The van der Waals surface area contributed by atoms with E-state index in [1.54, 1.807) is 0 Å². The van der Waals surface area contributed by atoms with Crippen molar-refractivity contribution >= 4 is 17.1 Å². The number of rotatable bonds is 7. The summed E-state index contributed by atoms with van der Waals surface area (Å²) >= 11 is 0. The van der Waals surface area contributed by atoms with Gasteiger partial charge in [-0.25, -0.2) is 0 Å². The lowest BCUT2D eigenvalue weighted by molar-refractivity contribution is 0.766. The maximum Gasteiger partial charge on any atom is 0.0714 e. The minimum atomic E-state index is -0.431. The average molecular weight is 542 g/mol. The van der Waals surface area contributed by atoms with Crippen molar-refractivity contribution in [3.05, 3.63) is 185 Å². The molecule has 0 heterocycles. The Morgan fingerprint density at radius 1 is 0.429 bits per heavy atom. The van der Waals surface area contributed by atoms with E-state index in [1.165, 1.54) is 44.5 Å². The molecule has 0 spiro atoms. The van der Waals surface area contributed by atoms with Crippen LogP contribution in [0.25, 0.3) is 11.1 Å². The van der Waals surface area contributed by atoms with E-state index in [9.17, 15) is 0 Å².